The van der Waals surface area contributed by atoms with Crippen LogP contribution in [0.25, 0.3) is 5.52 Å². The zero-order valence-electron chi connectivity index (χ0n) is 12.0. The number of aryl methyl sites for hydroxylation is 2. The Morgan fingerprint density at radius 1 is 1.35 bits per heavy atom. The molecule has 0 aliphatic rings. The summed E-state index contributed by atoms with van der Waals surface area (Å²) in [6.07, 6.45) is 4.81. The average Bonchev–Trinajstić information content (AvgIpc) is 3.00. The second-order valence-electron chi connectivity index (χ2n) is 5.08. The lowest BCUT2D eigenvalue weighted by Gasteiger charge is -2.15. The average molecular weight is 269 g/mol. The van der Waals surface area contributed by atoms with Gasteiger partial charge in [0.25, 0.3) is 0 Å². The fraction of sp³-hybridized carbons (Fsp3) is 0.333. The zero-order chi connectivity index (χ0) is 14.1. The summed E-state index contributed by atoms with van der Waals surface area (Å²) in [7, 11) is 3.98. The Morgan fingerprint density at radius 2 is 2.20 bits per heavy atom. The fourth-order valence-corrected chi connectivity index (χ4v) is 2.65. The molecular weight excluding hydrogens is 250 g/mol. The van der Waals surface area contributed by atoms with E-state index in [0.29, 0.717) is 0 Å². The number of pyridine rings is 1. The van der Waals surface area contributed by atoms with E-state index in [-0.39, 0.29) is 6.04 Å². The zero-order valence-corrected chi connectivity index (χ0v) is 12.0. The van der Waals surface area contributed by atoms with Gasteiger partial charge < -0.3 is 5.32 Å². The van der Waals surface area contributed by atoms with Crippen LogP contribution in [0, 0.1) is 6.92 Å². The highest BCUT2D eigenvalue weighted by atomic mass is 15.3. The molecule has 3 aromatic rings. The number of likely N-dealkylation sites (N-methyl/N-ethyl adjacent to an activating group) is 1. The summed E-state index contributed by atoms with van der Waals surface area (Å²) in [5.74, 6) is 0. The summed E-state index contributed by atoms with van der Waals surface area (Å²) >= 11 is 0. The second-order valence-corrected chi connectivity index (χ2v) is 5.08. The number of fused-ring (bicyclic) bond motifs is 1. The highest BCUT2D eigenvalue weighted by Crippen LogP contribution is 2.22. The van der Waals surface area contributed by atoms with Crippen molar-refractivity contribution in [1.29, 1.82) is 0 Å². The Morgan fingerprint density at radius 3 is 2.90 bits per heavy atom. The maximum absolute atomic E-state index is 4.41. The standard InChI is InChI=1S/C15H19N5/c1-11-8-12(19(3)18-11)9-14(16-2)13-10-17-20-7-5-4-6-15(13)20/h4-8,10,14,16H,9H2,1-3H3. The molecule has 0 aliphatic carbocycles. The number of rotatable bonds is 4. The van der Waals surface area contributed by atoms with E-state index in [1.165, 1.54) is 11.3 Å². The second kappa shape index (κ2) is 5.09. The third-order valence-corrected chi connectivity index (χ3v) is 3.69. The van der Waals surface area contributed by atoms with Gasteiger partial charge in [0, 0.05) is 37.0 Å². The van der Waals surface area contributed by atoms with Crippen molar-refractivity contribution in [2.45, 2.75) is 19.4 Å². The van der Waals surface area contributed by atoms with Crippen molar-refractivity contribution in [1.82, 2.24) is 24.7 Å². The van der Waals surface area contributed by atoms with Crippen LogP contribution in [0.4, 0.5) is 0 Å². The van der Waals surface area contributed by atoms with E-state index in [2.05, 4.69) is 27.6 Å². The minimum Gasteiger partial charge on any atom is -0.313 e. The molecular formula is C15H19N5. The lowest BCUT2D eigenvalue weighted by Crippen LogP contribution is -2.20. The largest absolute Gasteiger partial charge is 0.313 e. The molecule has 1 unspecified atom stereocenters. The van der Waals surface area contributed by atoms with E-state index in [0.717, 1.165) is 17.6 Å². The highest BCUT2D eigenvalue weighted by Gasteiger charge is 2.17. The maximum Gasteiger partial charge on any atom is 0.0709 e. The predicted octanol–water partition coefficient (Wildman–Crippen LogP) is 1.88. The van der Waals surface area contributed by atoms with Crippen LogP contribution in [0.1, 0.15) is 23.0 Å². The molecule has 0 fully saturated rings. The monoisotopic (exact) mass is 269 g/mol. The molecule has 0 aromatic carbocycles. The van der Waals surface area contributed by atoms with E-state index >= 15 is 0 Å². The molecule has 5 nitrogen and oxygen atoms in total. The van der Waals surface area contributed by atoms with Crippen LogP contribution in [0.15, 0.2) is 36.7 Å². The van der Waals surface area contributed by atoms with Gasteiger partial charge in [-0.2, -0.15) is 10.2 Å². The molecule has 3 rings (SSSR count). The van der Waals surface area contributed by atoms with Crippen LogP contribution in [0.3, 0.4) is 0 Å². The number of nitrogens with one attached hydrogen (secondary N) is 1. The molecule has 1 atom stereocenters. The summed E-state index contributed by atoms with van der Waals surface area (Å²) in [6.45, 7) is 2.02. The van der Waals surface area contributed by atoms with Crippen LogP contribution < -0.4 is 5.32 Å². The van der Waals surface area contributed by atoms with Crippen LogP contribution >= 0.6 is 0 Å². The van der Waals surface area contributed by atoms with Gasteiger partial charge in [-0.25, -0.2) is 4.52 Å². The predicted molar refractivity (Wildman–Crippen MR) is 78.6 cm³/mol. The summed E-state index contributed by atoms with van der Waals surface area (Å²) in [5.41, 5.74) is 4.63. The normalized spacial score (nSPS) is 12.9. The molecule has 1 N–H and O–H groups in total. The van der Waals surface area contributed by atoms with E-state index in [1.54, 1.807) is 0 Å². The van der Waals surface area contributed by atoms with E-state index in [1.807, 2.05) is 54.7 Å². The van der Waals surface area contributed by atoms with Gasteiger partial charge in [-0.15, -0.1) is 0 Å². The van der Waals surface area contributed by atoms with Crippen molar-refractivity contribution in [2.24, 2.45) is 7.05 Å². The first-order chi connectivity index (χ1) is 9.69. The summed E-state index contributed by atoms with van der Waals surface area (Å²) < 4.78 is 3.86. The molecule has 104 valence electrons. The van der Waals surface area contributed by atoms with Crippen LogP contribution in [0.5, 0.6) is 0 Å². The summed E-state index contributed by atoms with van der Waals surface area (Å²) in [6, 6.07) is 8.49. The minimum atomic E-state index is 0.227. The summed E-state index contributed by atoms with van der Waals surface area (Å²) in [4.78, 5) is 0. The topological polar surface area (TPSA) is 47.2 Å². The molecule has 3 aromatic heterocycles. The Balaban J connectivity index is 1.95. The Bertz CT molecular complexity index is 725. The van der Waals surface area contributed by atoms with Crippen molar-refractivity contribution < 1.29 is 0 Å². The van der Waals surface area contributed by atoms with E-state index in [9.17, 15) is 0 Å². The first kappa shape index (κ1) is 12.9. The minimum absolute atomic E-state index is 0.227. The van der Waals surface area contributed by atoms with Crippen molar-refractivity contribution >= 4 is 5.52 Å². The van der Waals surface area contributed by atoms with Gasteiger partial charge in [0.15, 0.2) is 0 Å². The van der Waals surface area contributed by atoms with E-state index < -0.39 is 0 Å². The Kier molecular flexibility index (Phi) is 3.28. The van der Waals surface area contributed by atoms with Gasteiger partial charge >= 0.3 is 0 Å². The van der Waals surface area contributed by atoms with Crippen LogP contribution in [-0.2, 0) is 13.5 Å². The van der Waals surface area contributed by atoms with Crippen LogP contribution in [-0.4, -0.2) is 26.4 Å². The Labute approximate surface area is 118 Å². The molecule has 0 saturated carbocycles. The van der Waals surface area contributed by atoms with Gasteiger partial charge in [-0.3, -0.25) is 4.68 Å². The van der Waals surface area contributed by atoms with Gasteiger partial charge in [0.1, 0.15) is 0 Å². The van der Waals surface area contributed by atoms with Crippen LogP contribution in [0.2, 0.25) is 0 Å². The number of hydrogen-bond acceptors (Lipinski definition) is 3. The quantitative estimate of drug-likeness (QED) is 0.786. The van der Waals surface area contributed by atoms with Crippen molar-refractivity contribution in [2.75, 3.05) is 7.05 Å². The molecule has 5 heteroatoms. The molecule has 20 heavy (non-hydrogen) atoms. The van der Waals surface area contributed by atoms with Gasteiger partial charge in [0.2, 0.25) is 0 Å². The molecule has 0 saturated heterocycles. The van der Waals surface area contributed by atoms with Gasteiger partial charge in [0.05, 0.1) is 17.4 Å². The maximum atomic E-state index is 4.41. The number of hydrogen-bond donors (Lipinski definition) is 1. The fourth-order valence-electron chi connectivity index (χ4n) is 2.65. The molecule has 0 spiro atoms. The first-order valence-corrected chi connectivity index (χ1v) is 6.78. The highest BCUT2D eigenvalue weighted by molar-refractivity contribution is 5.55. The number of nitrogens with zero attached hydrogens (tertiary/aromatic N) is 4. The molecule has 0 radical (unpaired) electrons. The molecule has 3 heterocycles. The molecule has 0 bridgehead atoms. The third kappa shape index (κ3) is 2.20. The van der Waals surface area contributed by atoms with Crippen molar-refractivity contribution in [3.05, 3.63) is 53.6 Å². The third-order valence-electron chi connectivity index (χ3n) is 3.69. The van der Waals surface area contributed by atoms with Crippen molar-refractivity contribution in [3.63, 3.8) is 0 Å². The lowest BCUT2D eigenvalue weighted by molar-refractivity contribution is 0.564. The number of aromatic nitrogens is 4. The van der Waals surface area contributed by atoms with Gasteiger partial charge in [-0.1, -0.05) is 6.07 Å². The lowest BCUT2D eigenvalue weighted by atomic mass is 10.0. The van der Waals surface area contributed by atoms with Gasteiger partial charge in [-0.05, 0) is 32.2 Å². The SMILES string of the molecule is CNC(Cc1cc(C)nn1C)c1cnn2ccccc12. The summed E-state index contributed by atoms with van der Waals surface area (Å²) in [5, 5.41) is 12.2. The molecule has 0 aliphatic heterocycles. The smallest absolute Gasteiger partial charge is 0.0709 e. The van der Waals surface area contributed by atoms with Crippen molar-refractivity contribution in [3.8, 4) is 0 Å². The molecule has 0 amide bonds. The van der Waals surface area contributed by atoms with E-state index in [4.69, 9.17) is 0 Å². The first-order valence-electron chi connectivity index (χ1n) is 6.78. The Hall–Kier alpha value is -2.14.